The quantitative estimate of drug-likeness (QED) is 0.487. The van der Waals surface area contributed by atoms with Crippen LogP contribution < -0.4 is 14.8 Å². The average Bonchev–Trinajstić information content (AvgIpc) is 3.29. The summed E-state index contributed by atoms with van der Waals surface area (Å²) in [6, 6.07) is 10.2. The highest BCUT2D eigenvalue weighted by Gasteiger charge is 2.23. The maximum atomic E-state index is 12.5. The summed E-state index contributed by atoms with van der Waals surface area (Å²) in [4.78, 5) is 12.4. The molecule has 186 valence electrons. The highest BCUT2D eigenvalue weighted by molar-refractivity contribution is 7.89. The fraction of sp³-hybridized carbons (Fsp3) is 0.409. The number of sulfonamides is 2. The molecule has 9 nitrogen and oxygen atoms in total. The summed E-state index contributed by atoms with van der Waals surface area (Å²) in [5, 5.41) is 2.76. The number of nitrogens with one attached hydrogen (secondary N) is 2. The Kier molecular flexibility index (Phi) is 8.58. The number of halogens is 1. The van der Waals surface area contributed by atoms with Crippen molar-refractivity contribution in [2.24, 2.45) is 0 Å². The first kappa shape index (κ1) is 26.4. The Labute approximate surface area is 205 Å². The van der Waals surface area contributed by atoms with Gasteiger partial charge in [0.1, 0.15) is 5.75 Å². The molecule has 2 N–H and O–H groups in total. The van der Waals surface area contributed by atoms with Crippen LogP contribution >= 0.6 is 11.6 Å². The van der Waals surface area contributed by atoms with E-state index in [1.54, 1.807) is 12.1 Å². The van der Waals surface area contributed by atoms with Crippen molar-refractivity contribution in [3.63, 3.8) is 0 Å². The van der Waals surface area contributed by atoms with E-state index < -0.39 is 26.0 Å². The van der Waals surface area contributed by atoms with Gasteiger partial charge >= 0.3 is 0 Å². The third-order valence-electron chi connectivity index (χ3n) is 5.44. The Bertz CT molecular complexity index is 1230. The Balaban J connectivity index is 1.52. The third-order valence-corrected chi connectivity index (χ3v) is 9.08. The number of carbonyl (C=O) groups excluding carboxylic acids is 1. The summed E-state index contributed by atoms with van der Waals surface area (Å²) >= 11 is 6.18. The van der Waals surface area contributed by atoms with Crippen molar-refractivity contribution in [3.05, 3.63) is 53.1 Å². The molecule has 3 rings (SSSR count). The normalized spacial score (nSPS) is 14.9. The standard InChI is InChI=1S/C22H28ClN3O6S2/c1-26(2)34(30,31)18-9-7-16(8-10-18)14-24-22(27)15-32-21-12-11-19(13-20(21)23)33(28,29)25-17-5-3-4-6-17/h7-13,17,25H,3-6,14-15H2,1-2H3,(H,24,27). The van der Waals surface area contributed by atoms with Gasteiger partial charge < -0.3 is 10.1 Å². The molecule has 0 radical (unpaired) electrons. The van der Waals surface area contributed by atoms with Gasteiger partial charge in [0.15, 0.2) is 6.61 Å². The molecular formula is C22H28ClN3O6S2. The van der Waals surface area contributed by atoms with E-state index in [2.05, 4.69) is 10.0 Å². The second kappa shape index (κ2) is 11.0. The third kappa shape index (κ3) is 6.70. The molecule has 12 heteroatoms. The van der Waals surface area contributed by atoms with E-state index in [0.717, 1.165) is 30.0 Å². The number of rotatable bonds is 10. The number of carbonyl (C=O) groups is 1. The number of ether oxygens (including phenoxy) is 1. The molecule has 0 aromatic heterocycles. The molecule has 2 aromatic rings. The molecule has 0 heterocycles. The van der Waals surface area contributed by atoms with Crippen LogP contribution in [-0.4, -0.2) is 53.8 Å². The molecule has 0 spiro atoms. The Morgan fingerprint density at radius 1 is 1.03 bits per heavy atom. The van der Waals surface area contributed by atoms with Crippen molar-refractivity contribution in [2.75, 3.05) is 20.7 Å². The first-order valence-electron chi connectivity index (χ1n) is 10.7. The highest BCUT2D eigenvalue weighted by atomic mass is 35.5. The zero-order valence-corrected chi connectivity index (χ0v) is 21.3. The summed E-state index contributed by atoms with van der Waals surface area (Å²) in [6.45, 7) is -0.137. The summed E-state index contributed by atoms with van der Waals surface area (Å²) < 4.78 is 58.5. The first-order valence-corrected chi connectivity index (χ1v) is 14.0. The van der Waals surface area contributed by atoms with Crippen molar-refractivity contribution in [2.45, 2.75) is 48.1 Å². The zero-order chi connectivity index (χ0) is 24.9. The first-order chi connectivity index (χ1) is 16.0. The number of nitrogens with zero attached hydrogens (tertiary/aromatic N) is 1. The van der Waals surface area contributed by atoms with E-state index in [-0.39, 0.29) is 39.8 Å². The van der Waals surface area contributed by atoms with Crippen LogP contribution in [-0.2, 0) is 31.4 Å². The van der Waals surface area contributed by atoms with Crippen LogP contribution in [0.5, 0.6) is 5.75 Å². The van der Waals surface area contributed by atoms with Gasteiger partial charge in [-0.15, -0.1) is 0 Å². The van der Waals surface area contributed by atoms with E-state index in [4.69, 9.17) is 16.3 Å². The van der Waals surface area contributed by atoms with E-state index in [9.17, 15) is 21.6 Å². The van der Waals surface area contributed by atoms with Gasteiger partial charge in [0.2, 0.25) is 20.0 Å². The van der Waals surface area contributed by atoms with Crippen molar-refractivity contribution in [1.29, 1.82) is 0 Å². The monoisotopic (exact) mass is 529 g/mol. The average molecular weight is 530 g/mol. The van der Waals surface area contributed by atoms with Crippen LogP contribution in [0.4, 0.5) is 0 Å². The summed E-state index contributed by atoms with van der Waals surface area (Å²) in [7, 11) is -4.29. The van der Waals surface area contributed by atoms with E-state index in [0.29, 0.717) is 5.56 Å². The van der Waals surface area contributed by atoms with Gasteiger partial charge in [0.05, 0.1) is 14.8 Å². The second-order valence-electron chi connectivity index (χ2n) is 8.19. The van der Waals surface area contributed by atoms with Crippen LogP contribution in [0, 0.1) is 0 Å². The van der Waals surface area contributed by atoms with Crippen molar-refractivity contribution >= 4 is 37.6 Å². The molecule has 34 heavy (non-hydrogen) atoms. The maximum absolute atomic E-state index is 12.5. The highest BCUT2D eigenvalue weighted by Crippen LogP contribution is 2.28. The van der Waals surface area contributed by atoms with Gasteiger partial charge in [-0.2, -0.15) is 0 Å². The minimum absolute atomic E-state index is 0.0425. The Morgan fingerprint density at radius 2 is 1.65 bits per heavy atom. The number of amides is 1. The fourth-order valence-corrected chi connectivity index (χ4v) is 6.01. The molecule has 1 aliphatic rings. The minimum atomic E-state index is -3.68. The van der Waals surface area contributed by atoms with Crippen LogP contribution in [0.25, 0.3) is 0 Å². The van der Waals surface area contributed by atoms with Gasteiger partial charge in [0, 0.05) is 26.7 Å². The lowest BCUT2D eigenvalue weighted by Crippen LogP contribution is -2.32. The molecule has 1 amide bonds. The fourth-order valence-electron chi connectivity index (χ4n) is 3.48. The maximum Gasteiger partial charge on any atom is 0.258 e. The summed E-state index contributed by atoms with van der Waals surface area (Å²) in [6.07, 6.45) is 3.66. The second-order valence-corrected chi connectivity index (χ2v) is 12.5. The van der Waals surface area contributed by atoms with Crippen molar-refractivity contribution in [3.8, 4) is 5.75 Å². The largest absolute Gasteiger partial charge is 0.482 e. The van der Waals surface area contributed by atoms with Gasteiger partial charge in [0.25, 0.3) is 5.91 Å². The molecular weight excluding hydrogens is 502 g/mol. The lowest BCUT2D eigenvalue weighted by molar-refractivity contribution is -0.123. The van der Waals surface area contributed by atoms with Crippen LogP contribution in [0.2, 0.25) is 5.02 Å². The molecule has 1 fully saturated rings. The number of hydrogen-bond acceptors (Lipinski definition) is 6. The lowest BCUT2D eigenvalue weighted by Gasteiger charge is -2.14. The molecule has 1 aliphatic carbocycles. The van der Waals surface area contributed by atoms with Crippen molar-refractivity contribution < 1.29 is 26.4 Å². The van der Waals surface area contributed by atoms with E-state index in [1.165, 1.54) is 44.4 Å². The lowest BCUT2D eigenvalue weighted by atomic mass is 10.2. The molecule has 2 aromatic carbocycles. The molecule has 0 atom stereocenters. The molecule has 0 aliphatic heterocycles. The van der Waals surface area contributed by atoms with E-state index in [1.807, 2.05) is 0 Å². The number of hydrogen-bond donors (Lipinski definition) is 2. The van der Waals surface area contributed by atoms with E-state index >= 15 is 0 Å². The predicted molar refractivity (Wildman–Crippen MR) is 129 cm³/mol. The van der Waals surface area contributed by atoms with Gasteiger partial charge in [-0.3, -0.25) is 4.79 Å². The molecule has 1 saturated carbocycles. The predicted octanol–water partition coefficient (Wildman–Crippen LogP) is 2.51. The Morgan fingerprint density at radius 3 is 2.24 bits per heavy atom. The Hall–Kier alpha value is -2.18. The topological polar surface area (TPSA) is 122 Å². The van der Waals surface area contributed by atoms with Gasteiger partial charge in [-0.1, -0.05) is 36.6 Å². The van der Waals surface area contributed by atoms with Crippen molar-refractivity contribution in [1.82, 2.24) is 14.3 Å². The van der Waals surface area contributed by atoms with Crippen LogP contribution in [0.3, 0.4) is 0 Å². The van der Waals surface area contributed by atoms with Crippen LogP contribution in [0.1, 0.15) is 31.2 Å². The molecule has 0 unspecified atom stereocenters. The van der Waals surface area contributed by atoms with Gasteiger partial charge in [-0.25, -0.2) is 25.9 Å². The molecule has 0 saturated heterocycles. The SMILES string of the molecule is CN(C)S(=O)(=O)c1ccc(CNC(=O)COc2ccc(S(=O)(=O)NC3CCCC3)cc2Cl)cc1. The summed E-state index contributed by atoms with van der Waals surface area (Å²) in [5.74, 6) is -0.226. The number of benzene rings is 2. The van der Waals surface area contributed by atoms with Crippen LogP contribution in [0.15, 0.2) is 52.3 Å². The summed E-state index contributed by atoms with van der Waals surface area (Å²) in [5.41, 5.74) is 0.716. The minimum Gasteiger partial charge on any atom is -0.482 e. The smallest absolute Gasteiger partial charge is 0.258 e. The zero-order valence-electron chi connectivity index (χ0n) is 19.0. The van der Waals surface area contributed by atoms with Gasteiger partial charge in [-0.05, 0) is 48.7 Å². The molecule has 0 bridgehead atoms.